The number of carbonyl (C=O) groups is 1. The van der Waals surface area contributed by atoms with Crippen LogP contribution in [-0.4, -0.2) is 59.7 Å². The maximum Gasteiger partial charge on any atom is 0.325 e. The fourth-order valence-corrected chi connectivity index (χ4v) is 3.45. The molecule has 1 fully saturated rings. The van der Waals surface area contributed by atoms with Gasteiger partial charge < -0.3 is 14.5 Å². The second kappa shape index (κ2) is 7.31. The second-order valence-electron chi connectivity index (χ2n) is 6.75. The zero-order valence-electron chi connectivity index (χ0n) is 15.4. The molecule has 1 aromatic carbocycles. The second-order valence-corrected chi connectivity index (χ2v) is 6.75. The molecule has 0 spiro atoms. The van der Waals surface area contributed by atoms with Crippen molar-refractivity contribution in [2.75, 3.05) is 42.6 Å². The molecule has 1 saturated heterocycles. The van der Waals surface area contributed by atoms with Crippen molar-refractivity contribution in [3.63, 3.8) is 0 Å². The van der Waals surface area contributed by atoms with Gasteiger partial charge in [0.1, 0.15) is 24.2 Å². The number of rotatable bonds is 1. The van der Waals surface area contributed by atoms with Gasteiger partial charge in [0.15, 0.2) is 0 Å². The lowest BCUT2D eigenvalue weighted by Gasteiger charge is -2.41. The van der Waals surface area contributed by atoms with Crippen LogP contribution in [0, 0.1) is 17.1 Å². The highest BCUT2D eigenvalue weighted by molar-refractivity contribution is 5.95. The fourth-order valence-electron chi connectivity index (χ4n) is 3.45. The van der Waals surface area contributed by atoms with Gasteiger partial charge in [-0.1, -0.05) is 0 Å². The van der Waals surface area contributed by atoms with Gasteiger partial charge in [-0.15, -0.1) is 0 Å². The molecule has 0 saturated carbocycles. The number of carbonyl (C=O) groups excluding carboxylic acids is 1. The summed E-state index contributed by atoms with van der Waals surface area (Å²) in [6, 6.07) is 5.67. The Hall–Kier alpha value is -3.41. The molecule has 2 aliphatic heterocycles. The number of benzene rings is 1. The number of amides is 2. The van der Waals surface area contributed by atoms with Gasteiger partial charge >= 0.3 is 6.03 Å². The number of piperazine rings is 1. The Labute approximate surface area is 161 Å². The summed E-state index contributed by atoms with van der Waals surface area (Å²) in [4.78, 5) is 27.0. The minimum atomic E-state index is -0.664. The molecule has 28 heavy (non-hydrogen) atoms. The van der Waals surface area contributed by atoms with E-state index in [1.54, 1.807) is 34.3 Å². The molecule has 0 bridgehead atoms. The molecule has 0 aliphatic carbocycles. The number of hydrogen-bond donors (Lipinski definition) is 0. The average Bonchev–Trinajstić information content (AvgIpc) is 2.73. The molecule has 0 N–H and O–H groups in total. The first-order valence-electron chi connectivity index (χ1n) is 9.05. The number of anilines is 2. The number of ether oxygens (including phenoxy) is 1. The van der Waals surface area contributed by atoms with Crippen LogP contribution in [0.15, 0.2) is 30.6 Å². The van der Waals surface area contributed by atoms with Crippen molar-refractivity contribution in [3.05, 3.63) is 42.0 Å². The smallest absolute Gasteiger partial charge is 0.325 e. The Kier molecular flexibility index (Phi) is 4.69. The first kappa shape index (κ1) is 18.0. The van der Waals surface area contributed by atoms with Gasteiger partial charge in [0, 0.05) is 50.7 Å². The van der Waals surface area contributed by atoms with Crippen LogP contribution in [0.25, 0.3) is 0 Å². The minimum Gasteiger partial charge on any atom is -0.489 e. The third-order valence-electron chi connectivity index (χ3n) is 4.94. The first-order chi connectivity index (χ1) is 13.6. The largest absolute Gasteiger partial charge is 0.489 e. The predicted octanol–water partition coefficient (Wildman–Crippen LogP) is 2.02. The Balaban J connectivity index is 1.53. The molecule has 1 atom stereocenters. The van der Waals surface area contributed by atoms with Crippen molar-refractivity contribution >= 4 is 17.7 Å². The van der Waals surface area contributed by atoms with E-state index in [9.17, 15) is 9.18 Å². The molecule has 2 aromatic rings. The number of fused-ring (bicyclic) bond motifs is 1. The number of urea groups is 1. The number of hydrogen-bond acceptors (Lipinski definition) is 6. The molecule has 8 nitrogen and oxygen atoms in total. The molecule has 2 aliphatic rings. The fraction of sp³-hybridized carbons (Fsp3) is 0.368. The molecule has 1 aromatic heterocycles. The molecule has 1 unspecified atom stereocenters. The summed E-state index contributed by atoms with van der Waals surface area (Å²) in [5, 5.41) is 9.02. The van der Waals surface area contributed by atoms with E-state index in [4.69, 9.17) is 10.00 Å². The minimum absolute atomic E-state index is 0.0998. The Morgan fingerprint density at radius 3 is 2.64 bits per heavy atom. The monoisotopic (exact) mass is 382 g/mol. The maximum atomic E-state index is 14.2. The summed E-state index contributed by atoms with van der Waals surface area (Å²) in [5.74, 6) is 0.328. The Morgan fingerprint density at radius 1 is 1.25 bits per heavy atom. The first-order valence-corrected chi connectivity index (χ1v) is 9.05. The topological polar surface area (TPSA) is 85.6 Å². The standard InChI is InChI=1S/C19H19FN6O2/c1-13-12-28-17-9-14(11-21)15(20)10-16(17)26(13)19(27)25-7-5-24(6-8-25)18-22-3-2-4-23-18/h2-4,9-10,13H,5-8,12H2,1H3. The van der Waals surface area contributed by atoms with Crippen molar-refractivity contribution in [1.82, 2.24) is 14.9 Å². The van der Waals surface area contributed by atoms with Gasteiger partial charge in [0.2, 0.25) is 5.95 Å². The van der Waals surface area contributed by atoms with E-state index in [1.807, 2.05) is 11.8 Å². The summed E-state index contributed by atoms with van der Waals surface area (Å²) in [6.45, 7) is 4.38. The van der Waals surface area contributed by atoms with Crippen LogP contribution in [0.3, 0.4) is 0 Å². The Bertz CT molecular complexity index is 924. The molecule has 9 heteroatoms. The van der Waals surface area contributed by atoms with Crippen LogP contribution in [-0.2, 0) is 0 Å². The van der Waals surface area contributed by atoms with Gasteiger partial charge in [-0.25, -0.2) is 19.2 Å². The van der Waals surface area contributed by atoms with Crippen LogP contribution in [0.1, 0.15) is 12.5 Å². The molecule has 144 valence electrons. The zero-order chi connectivity index (χ0) is 19.7. The SMILES string of the molecule is CC1COc2cc(C#N)c(F)cc2N1C(=O)N1CCN(c2ncccn2)CC1. The van der Waals surface area contributed by atoms with Gasteiger partial charge in [-0.3, -0.25) is 4.90 Å². The molecular weight excluding hydrogens is 363 g/mol. The van der Waals surface area contributed by atoms with Gasteiger partial charge in [0.05, 0.1) is 17.3 Å². The van der Waals surface area contributed by atoms with Crippen molar-refractivity contribution < 1.29 is 13.9 Å². The van der Waals surface area contributed by atoms with E-state index in [0.717, 1.165) is 0 Å². The quantitative estimate of drug-likeness (QED) is 0.750. The summed E-state index contributed by atoms with van der Waals surface area (Å²) >= 11 is 0. The van der Waals surface area contributed by atoms with Crippen molar-refractivity contribution in [3.8, 4) is 11.8 Å². The number of nitriles is 1. The summed E-state index contributed by atoms with van der Waals surface area (Å²) in [5.41, 5.74) is 0.256. The van der Waals surface area contributed by atoms with Gasteiger partial charge in [-0.05, 0) is 13.0 Å². The van der Waals surface area contributed by atoms with Gasteiger partial charge in [-0.2, -0.15) is 5.26 Å². The van der Waals surface area contributed by atoms with Crippen LogP contribution in [0.5, 0.6) is 5.75 Å². The summed E-state index contributed by atoms with van der Waals surface area (Å²) < 4.78 is 19.8. The molecule has 0 radical (unpaired) electrons. The number of aromatic nitrogens is 2. The molecule has 2 amide bonds. The van der Waals surface area contributed by atoms with E-state index in [0.29, 0.717) is 43.6 Å². The van der Waals surface area contributed by atoms with Crippen LogP contribution in [0.4, 0.5) is 20.8 Å². The van der Waals surface area contributed by atoms with Gasteiger partial charge in [0.25, 0.3) is 0 Å². The molecule has 3 heterocycles. The number of halogens is 1. The highest BCUT2D eigenvalue weighted by Crippen LogP contribution is 2.36. The Morgan fingerprint density at radius 2 is 1.96 bits per heavy atom. The molecular formula is C19H19FN6O2. The summed E-state index contributed by atoms with van der Waals surface area (Å²) in [7, 11) is 0. The molecule has 4 rings (SSSR count). The van der Waals surface area contributed by atoms with Crippen LogP contribution >= 0.6 is 0 Å². The number of nitrogens with zero attached hydrogens (tertiary/aromatic N) is 6. The lowest BCUT2D eigenvalue weighted by molar-refractivity contribution is 0.190. The normalized spacial score (nSPS) is 18.9. The van der Waals surface area contributed by atoms with E-state index >= 15 is 0 Å². The van der Waals surface area contributed by atoms with Crippen molar-refractivity contribution in [1.29, 1.82) is 5.26 Å². The van der Waals surface area contributed by atoms with Crippen LogP contribution < -0.4 is 14.5 Å². The lowest BCUT2D eigenvalue weighted by atomic mass is 10.1. The average molecular weight is 382 g/mol. The van der Waals surface area contributed by atoms with E-state index in [-0.39, 0.29) is 24.2 Å². The van der Waals surface area contributed by atoms with E-state index in [1.165, 1.54) is 12.1 Å². The highest BCUT2D eigenvalue weighted by Gasteiger charge is 2.35. The maximum absolute atomic E-state index is 14.2. The van der Waals surface area contributed by atoms with E-state index in [2.05, 4.69) is 9.97 Å². The van der Waals surface area contributed by atoms with E-state index < -0.39 is 5.82 Å². The van der Waals surface area contributed by atoms with Crippen molar-refractivity contribution in [2.24, 2.45) is 0 Å². The third-order valence-corrected chi connectivity index (χ3v) is 4.94. The van der Waals surface area contributed by atoms with Crippen LogP contribution in [0.2, 0.25) is 0 Å². The zero-order valence-corrected chi connectivity index (χ0v) is 15.4. The summed E-state index contributed by atoms with van der Waals surface area (Å²) in [6.07, 6.45) is 3.38. The van der Waals surface area contributed by atoms with Crippen molar-refractivity contribution in [2.45, 2.75) is 13.0 Å². The lowest BCUT2D eigenvalue weighted by Crippen LogP contribution is -2.56. The third kappa shape index (κ3) is 3.17. The highest BCUT2D eigenvalue weighted by atomic mass is 19.1. The predicted molar refractivity (Wildman–Crippen MR) is 99.8 cm³/mol.